The first-order valence-electron chi connectivity index (χ1n) is 5.06. The molecule has 0 amide bonds. The van der Waals surface area contributed by atoms with E-state index in [4.69, 9.17) is 23.2 Å². The standard InChI is InChI=1S/C12H10Cl2N2O/c13-6-11-10(8-17)12(14)16(15-11)7-9-4-2-1-3-5-9/h1-5,8H,6-7H2. The highest BCUT2D eigenvalue weighted by Crippen LogP contribution is 2.20. The molecule has 0 aliphatic carbocycles. The summed E-state index contributed by atoms with van der Waals surface area (Å²) in [6.45, 7) is 0.525. The molecule has 2 rings (SSSR count). The molecule has 1 heterocycles. The summed E-state index contributed by atoms with van der Waals surface area (Å²) in [6.07, 6.45) is 0.689. The third-order valence-electron chi connectivity index (χ3n) is 2.42. The number of nitrogens with zero attached hydrogens (tertiary/aromatic N) is 2. The number of aromatic nitrogens is 2. The second kappa shape index (κ2) is 5.34. The average molecular weight is 269 g/mol. The van der Waals surface area contributed by atoms with Gasteiger partial charge >= 0.3 is 0 Å². The zero-order chi connectivity index (χ0) is 12.3. The second-order valence-electron chi connectivity index (χ2n) is 3.55. The van der Waals surface area contributed by atoms with Gasteiger partial charge in [0.1, 0.15) is 5.15 Å². The fraction of sp³-hybridized carbons (Fsp3) is 0.167. The molecule has 17 heavy (non-hydrogen) atoms. The smallest absolute Gasteiger partial charge is 0.155 e. The Morgan fingerprint density at radius 2 is 2.00 bits per heavy atom. The molecule has 0 atom stereocenters. The van der Waals surface area contributed by atoms with E-state index in [1.807, 2.05) is 30.3 Å². The minimum Gasteiger partial charge on any atom is -0.298 e. The number of alkyl halides is 1. The van der Waals surface area contributed by atoms with E-state index in [-0.39, 0.29) is 5.88 Å². The summed E-state index contributed by atoms with van der Waals surface area (Å²) < 4.78 is 1.58. The van der Waals surface area contributed by atoms with Gasteiger partial charge in [0.2, 0.25) is 0 Å². The van der Waals surface area contributed by atoms with Crippen molar-refractivity contribution in [2.24, 2.45) is 0 Å². The van der Waals surface area contributed by atoms with Gasteiger partial charge in [-0.15, -0.1) is 11.6 Å². The number of hydrogen-bond donors (Lipinski definition) is 0. The fourth-order valence-corrected chi connectivity index (χ4v) is 2.03. The van der Waals surface area contributed by atoms with E-state index in [0.717, 1.165) is 5.56 Å². The van der Waals surface area contributed by atoms with Crippen molar-refractivity contribution >= 4 is 29.5 Å². The van der Waals surface area contributed by atoms with Gasteiger partial charge < -0.3 is 0 Å². The molecule has 0 bridgehead atoms. The van der Waals surface area contributed by atoms with Crippen LogP contribution >= 0.6 is 23.2 Å². The van der Waals surface area contributed by atoms with Crippen LogP contribution in [0.5, 0.6) is 0 Å². The quantitative estimate of drug-likeness (QED) is 0.631. The first-order valence-corrected chi connectivity index (χ1v) is 5.97. The number of carbonyl (C=O) groups excluding carboxylic acids is 1. The third-order valence-corrected chi connectivity index (χ3v) is 3.07. The summed E-state index contributed by atoms with van der Waals surface area (Å²) >= 11 is 11.8. The second-order valence-corrected chi connectivity index (χ2v) is 4.17. The maximum Gasteiger partial charge on any atom is 0.155 e. The molecule has 0 fully saturated rings. The Morgan fingerprint density at radius 3 is 2.53 bits per heavy atom. The Morgan fingerprint density at radius 1 is 1.29 bits per heavy atom. The van der Waals surface area contributed by atoms with E-state index >= 15 is 0 Å². The summed E-state index contributed by atoms with van der Waals surface area (Å²) in [5, 5.41) is 4.55. The summed E-state index contributed by atoms with van der Waals surface area (Å²) in [6, 6.07) is 9.76. The average Bonchev–Trinajstić information content (AvgIpc) is 2.67. The van der Waals surface area contributed by atoms with Gasteiger partial charge in [-0.1, -0.05) is 41.9 Å². The Bertz CT molecular complexity index is 523. The maximum atomic E-state index is 10.9. The van der Waals surface area contributed by atoms with Crippen LogP contribution < -0.4 is 0 Å². The van der Waals surface area contributed by atoms with Gasteiger partial charge in [0.25, 0.3) is 0 Å². The summed E-state index contributed by atoms with van der Waals surface area (Å²) in [5.41, 5.74) is 1.95. The van der Waals surface area contributed by atoms with Crippen LogP contribution in [0.25, 0.3) is 0 Å². The lowest BCUT2D eigenvalue weighted by Gasteiger charge is -2.02. The highest BCUT2D eigenvalue weighted by atomic mass is 35.5. The molecule has 3 nitrogen and oxygen atoms in total. The van der Waals surface area contributed by atoms with Crippen LogP contribution in [0.15, 0.2) is 30.3 Å². The lowest BCUT2D eigenvalue weighted by atomic mass is 10.2. The molecule has 0 aliphatic heterocycles. The molecule has 0 aliphatic rings. The monoisotopic (exact) mass is 268 g/mol. The molecule has 2 aromatic rings. The lowest BCUT2D eigenvalue weighted by Crippen LogP contribution is -2.02. The summed E-state index contributed by atoms with van der Waals surface area (Å²) in [4.78, 5) is 10.9. The highest BCUT2D eigenvalue weighted by molar-refractivity contribution is 6.32. The van der Waals surface area contributed by atoms with Crippen molar-refractivity contribution in [1.82, 2.24) is 9.78 Å². The van der Waals surface area contributed by atoms with Gasteiger partial charge in [0.15, 0.2) is 6.29 Å². The Kier molecular flexibility index (Phi) is 3.82. The van der Waals surface area contributed by atoms with Crippen molar-refractivity contribution < 1.29 is 4.79 Å². The van der Waals surface area contributed by atoms with Crippen LogP contribution in [0.1, 0.15) is 21.6 Å². The predicted octanol–water partition coefficient (Wildman–Crippen LogP) is 3.14. The largest absolute Gasteiger partial charge is 0.298 e. The molecule has 0 spiro atoms. The normalized spacial score (nSPS) is 10.5. The van der Waals surface area contributed by atoms with E-state index in [1.165, 1.54) is 0 Å². The zero-order valence-electron chi connectivity index (χ0n) is 8.94. The van der Waals surface area contributed by atoms with Crippen molar-refractivity contribution in [3.63, 3.8) is 0 Å². The molecule has 0 N–H and O–H groups in total. The summed E-state index contributed by atoms with van der Waals surface area (Å²) in [7, 11) is 0. The summed E-state index contributed by atoms with van der Waals surface area (Å²) in [5.74, 6) is 0.176. The van der Waals surface area contributed by atoms with Crippen LogP contribution in [0.4, 0.5) is 0 Å². The zero-order valence-corrected chi connectivity index (χ0v) is 10.4. The van der Waals surface area contributed by atoms with E-state index in [2.05, 4.69) is 5.10 Å². The molecular weight excluding hydrogens is 259 g/mol. The number of hydrogen-bond acceptors (Lipinski definition) is 2. The van der Waals surface area contributed by atoms with Gasteiger partial charge in [0.05, 0.1) is 23.7 Å². The molecule has 5 heteroatoms. The number of rotatable bonds is 4. The van der Waals surface area contributed by atoms with Crippen LogP contribution in [0.3, 0.4) is 0 Å². The minimum atomic E-state index is 0.176. The molecule has 88 valence electrons. The van der Waals surface area contributed by atoms with Crippen molar-refractivity contribution in [1.29, 1.82) is 0 Å². The van der Waals surface area contributed by atoms with Gasteiger partial charge in [-0.3, -0.25) is 4.79 Å². The van der Waals surface area contributed by atoms with Crippen LogP contribution in [0, 0.1) is 0 Å². The Hall–Kier alpha value is -1.32. The van der Waals surface area contributed by atoms with E-state index in [9.17, 15) is 4.79 Å². The molecule has 0 saturated heterocycles. The van der Waals surface area contributed by atoms with Crippen LogP contribution in [-0.4, -0.2) is 16.1 Å². The van der Waals surface area contributed by atoms with Gasteiger partial charge in [0, 0.05) is 0 Å². The fourth-order valence-electron chi connectivity index (χ4n) is 1.58. The number of aldehydes is 1. The van der Waals surface area contributed by atoms with Crippen molar-refractivity contribution in [3.8, 4) is 0 Å². The SMILES string of the molecule is O=Cc1c(CCl)nn(Cc2ccccc2)c1Cl. The molecular formula is C12H10Cl2N2O. The minimum absolute atomic E-state index is 0.176. The molecule has 0 saturated carbocycles. The first kappa shape index (κ1) is 12.1. The lowest BCUT2D eigenvalue weighted by molar-refractivity contribution is 0.112. The molecule has 1 aromatic carbocycles. The maximum absolute atomic E-state index is 10.9. The predicted molar refractivity (Wildman–Crippen MR) is 67.7 cm³/mol. The van der Waals surface area contributed by atoms with Gasteiger partial charge in [-0.05, 0) is 5.56 Å². The number of benzene rings is 1. The van der Waals surface area contributed by atoms with Crippen LogP contribution in [-0.2, 0) is 12.4 Å². The van der Waals surface area contributed by atoms with Gasteiger partial charge in [-0.25, -0.2) is 4.68 Å². The number of carbonyl (C=O) groups is 1. The van der Waals surface area contributed by atoms with E-state index in [1.54, 1.807) is 4.68 Å². The van der Waals surface area contributed by atoms with Crippen LogP contribution in [0.2, 0.25) is 5.15 Å². The highest BCUT2D eigenvalue weighted by Gasteiger charge is 2.14. The molecule has 1 aromatic heterocycles. The Labute approximate surface area is 109 Å². The Balaban J connectivity index is 2.34. The first-order chi connectivity index (χ1) is 8.26. The topological polar surface area (TPSA) is 34.9 Å². The van der Waals surface area contributed by atoms with Crippen molar-refractivity contribution in [3.05, 3.63) is 52.3 Å². The molecule has 0 radical (unpaired) electrons. The number of halogens is 2. The third kappa shape index (κ3) is 2.51. The van der Waals surface area contributed by atoms with E-state index < -0.39 is 0 Å². The molecule has 0 unspecified atom stereocenters. The van der Waals surface area contributed by atoms with Crippen molar-refractivity contribution in [2.45, 2.75) is 12.4 Å². The van der Waals surface area contributed by atoms with Gasteiger partial charge in [-0.2, -0.15) is 5.10 Å². The van der Waals surface area contributed by atoms with E-state index in [0.29, 0.717) is 29.2 Å². The van der Waals surface area contributed by atoms with Crippen molar-refractivity contribution in [2.75, 3.05) is 0 Å².